The van der Waals surface area contributed by atoms with Crippen molar-refractivity contribution < 1.29 is 4.79 Å². The number of rotatable bonds is 6. The van der Waals surface area contributed by atoms with Crippen molar-refractivity contribution in [1.82, 2.24) is 10.2 Å². The Morgan fingerprint density at radius 2 is 1.63 bits per heavy atom. The van der Waals surface area contributed by atoms with Crippen molar-refractivity contribution in [2.75, 3.05) is 44.2 Å². The quantitative estimate of drug-likeness (QED) is 0.766. The van der Waals surface area contributed by atoms with Crippen molar-refractivity contribution in [3.05, 3.63) is 64.2 Å². The number of anilines is 1. The number of piperazine rings is 1. The summed E-state index contributed by atoms with van der Waals surface area (Å²) in [7, 11) is 0. The Hall–Kier alpha value is -2.04. The van der Waals surface area contributed by atoms with E-state index in [1.54, 1.807) is 0 Å². The zero-order chi connectivity index (χ0) is 19.2. The molecule has 1 aliphatic heterocycles. The first-order valence-corrected chi connectivity index (χ1v) is 9.98. The summed E-state index contributed by atoms with van der Waals surface area (Å²) < 4.78 is 0. The van der Waals surface area contributed by atoms with E-state index in [0.717, 1.165) is 60.9 Å². The second-order valence-electron chi connectivity index (χ2n) is 7.29. The van der Waals surface area contributed by atoms with Gasteiger partial charge < -0.3 is 10.2 Å². The van der Waals surface area contributed by atoms with E-state index in [4.69, 9.17) is 11.6 Å². The highest BCUT2D eigenvalue weighted by atomic mass is 35.5. The Morgan fingerprint density at radius 1 is 1.00 bits per heavy atom. The summed E-state index contributed by atoms with van der Waals surface area (Å²) in [5.41, 5.74) is 4.24. The molecule has 0 aromatic heterocycles. The van der Waals surface area contributed by atoms with E-state index in [1.165, 1.54) is 5.69 Å². The fourth-order valence-corrected chi connectivity index (χ4v) is 3.72. The van der Waals surface area contributed by atoms with Gasteiger partial charge >= 0.3 is 0 Å². The lowest BCUT2D eigenvalue weighted by atomic mass is 10.1. The van der Waals surface area contributed by atoms with Crippen LogP contribution in [0, 0.1) is 13.8 Å². The Balaban J connectivity index is 1.37. The molecule has 1 fully saturated rings. The van der Waals surface area contributed by atoms with Crippen LogP contribution in [-0.4, -0.2) is 50.1 Å². The Labute approximate surface area is 167 Å². The van der Waals surface area contributed by atoms with Crippen LogP contribution < -0.4 is 10.2 Å². The van der Waals surface area contributed by atoms with Crippen molar-refractivity contribution in [2.24, 2.45) is 0 Å². The Kier molecular flexibility index (Phi) is 6.75. The summed E-state index contributed by atoms with van der Waals surface area (Å²) in [4.78, 5) is 17.1. The molecule has 1 N–H and O–H groups in total. The van der Waals surface area contributed by atoms with Gasteiger partial charge in [0, 0.05) is 49.0 Å². The molecule has 4 nitrogen and oxygen atoms in total. The molecule has 2 aromatic rings. The average Bonchev–Trinajstić information content (AvgIpc) is 2.65. The van der Waals surface area contributed by atoms with Gasteiger partial charge in [-0.3, -0.25) is 9.69 Å². The van der Waals surface area contributed by atoms with Gasteiger partial charge in [0.05, 0.1) is 0 Å². The van der Waals surface area contributed by atoms with Crippen molar-refractivity contribution in [3.63, 3.8) is 0 Å². The average molecular weight is 386 g/mol. The van der Waals surface area contributed by atoms with Crippen molar-refractivity contribution in [2.45, 2.75) is 20.3 Å². The third kappa shape index (κ3) is 5.72. The van der Waals surface area contributed by atoms with Crippen molar-refractivity contribution in [1.29, 1.82) is 0 Å². The lowest BCUT2D eigenvalue weighted by Crippen LogP contribution is -2.47. The van der Waals surface area contributed by atoms with Gasteiger partial charge in [-0.15, -0.1) is 0 Å². The number of carbonyl (C=O) groups is 1. The molecule has 1 aliphatic rings. The lowest BCUT2D eigenvalue weighted by molar-refractivity contribution is 0.0951. The van der Waals surface area contributed by atoms with E-state index < -0.39 is 0 Å². The Bertz CT molecular complexity index is 747. The molecule has 0 bridgehead atoms. The maximum Gasteiger partial charge on any atom is 0.251 e. The van der Waals surface area contributed by atoms with Gasteiger partial charge in [-0.25, -0.2) is 0 Å². The highest BCUT2D eigenvalue weighted by Gasteiger charge is 2.16. The smallest absolute Gasteiger partial charge is 0.251 e. The van der Waals surface area contributed by atoms with Crippen molar-refractivity contribution in [3.8, 4) is 0 Å². The van der Waals surface area contributed by atoms with Gasteiger partial charge in [-0.2, -0.15) is 0 Å². The van der Waals surface area contributed by atoms with Crippen LogP contribution in [0.1, 0.15) is 27.9 Å². The van der Waals surface area contributed by atoms with Crippen LogP contribution in [0.3, 0.4) is 0 Å². The zero-order valence-corrected chi connectivity index (χ0v) is 16.9. The molecule has 5 heteroatoms. The molecule has 1 saturated heterocycles. The van der Waals surface area contributed by atoms with Crippen LogP contribution in [0.15, 0.2) is 42.5 Å². The van der Waals surface area contributed by atoms with Gasteiger partial charge in [0.1, 0.15) is 0 Å². The minimum atomic E-state index is 0.0226. The summed E-state index contributed by atoms with van der Waals surface area (Å²) in [6, 6.07) is 14.0. The fourth-order valence-electron chi connectivity index (χ4n) is 3.59. The topological polar surface area (TPSA) is 35.6 Å². The molecule has 1 heterocycles. The zero-order valence-electron chi connectivity index (χ0n) is 16.2. The highest BCUT2D eigenvalue weighted by molar-refractivity contribution is 6.30. The standard InChI is InChI=1S/C22H28ClN3O/c1-17-14-18(2)16-19(15-17)22(27)24-8-3-9-25-10-12-26(13-11-25)21-6-4-20(23)5-7-21/h4-7,14-16H,3,8-13H2,1-2H3,(H,24,27). The van der Waals surface area contributed by atoms with E-state index in [9.17, 15) is 4.79 Å². The van der Waals surface area contributed by atoms with Crippen LogP contribution in [0.25, 0.3) is 0 Å². The third-order valence-electron chi connectivity index (χ3n) is 4.98. The highest BCUT2D eigenvalue weighted by Crippen LogP contribution is 2.19. The number of halogens is 1. The second-order valence-corrected chi connectivity index (χ2v) is 7.73. The van der Waals surface area contributed by atoms with Crippen LogP contribution in [0.4, 0.5) is 5.69 Å². The first-order chi connectivity index (χ1) is 13.0. The molecular formula is C22H28ClN3O. The number of hydrogen-bond acceptors (Lipinski definition) is 3. The maximum absolute atomic E-state index is 12.3. The van der Waals surface area contributed by atoms with Gasteiger partial charge in [0.25, 0.3) is 5.91 Å². The molecule has 3 rings (SSSR count). The summed E-state index contributed by atoms with van der Waals surface area (Å²) >= 11 is 5.96. The minimum absolute atomic E-state index is 0.0226. The molecule has 0 aliphatic carbocycles. The van der Waals surface area contributed by atoms with Gasteiger partial charge in [0.15, 0.2) is 0 Å². The molecule has 1 amide bonds. The molecule has 27 heavy (non-hydrogen) atoms. The molecule has 0 atom stereocenters. The number of nitrogens with one attached hydrogen (secondary N) is 1. The number of hydrogen-bond donors (Lipinski definition) is 1. The van der Waals surface area contributed by atoms with Crippen LogP contribution in [0.2, 0.25) is 5.02 Å². The first-order valence-electron chi connectivity index (χ1n) is 9.60. The predicted molar refractivity (Wildman–Crippen MR) is 113 cm³/mol. The van der Waals surface area contributed by atoms with Crippen molar-refractivity contribution >= 4 is 23.2 Å². The fraction of sp³-hybridized carbons (Fsp3) is 0.409. The second kappa shape index (κ2) is 9.25. The van der Waals surface area contributed by atoms with E-state index in [-0.39, 0.29) is 5.91 Å². The first kappa shape index (κ1) is 19.7. The SMILES string of the molecule is Cc1cc(C)cc(C(=O)NCCCN2CCN(c3ccc(Cl)cc3)CC2)c1. The van der Waals surface area contributed by atoms with Gasteiger partial charge in [0.2, 0.25) is 0 Å². The van der Waals surface area contributed by atoms with Gasteiger partial charge in [-0.05, 0) is 63.2 Å². The monoisotopic (exact) mass is 385 g/mol. The maximum atomic E-state index is 12.3. The predicted octanol–water partition coefficient (Wildman–Crippen LogP) is 3.90. The Morgan fingerprint density at radius 3 is 2.26 bits per heavy atom. The summed E-state index contributed by atoms with van der Waals surface area (Å²) in [6.07, 6.45) is 0.970. The molecule has 0 unspecified atom stereocenters. The van der Waals surface area contributed by atoms with Gasteiger partial charge in [-0.1, -0.05) is 28.8 Å². The van der Waals surface area contributed by atoms with E-state index in [2.05, 4.69) is 33.3 Å². The van der Waals surface area contributed by atoms with E-state index in [1.807, 2.05) is 38.1 Å². The normalized spacial score (nSPS) is 15.0. The molecule has 144 valence electrons. The van der Waals surface area contributed by atoms with Crippen LogP contribution >= 0.6 is 11.6 Å². The molecule has 0 spiro atoms. The molecule has 0 saturated carbocycles. The number of nitrogens with zero attached hydrogens (tertiary/aromatic N) is 2. The lowest BCUT2D eigenvalue weighted by Gasteiger charge is -2.36. The summed E-state index contributed by atoms with van der Waals surface area (Å²) in [5.74, 6) is 0.0226. The number of benzene rings is 2. The number of aryl methyl sites for hydroxylation is 2. The molecular weight excluding hydrogens is 358 g/mol. The number of amides is 1. The molecule has 0 radical (unpaired) electrons. The number of carbonyl (C=O) groups excluding carboxylic acids is 1. The largest absolute Gasteiger partial charge is 0.369 e. The molecule has 2 aromatic carbocycles. The summed E-state index contributed by atoms with van der Waals surface area (Å²) in [5, 5.41) is 3.82. The summed E-state index contributed by atoms with van der Waals surface area (Å²) in [6.45, 7) is 9.92. The van der Waals surface area contributed by atoms with E-state index in [0.29, 0.717) is 6.54 Å². The third-order valence-corrected chi connectivity index (χ3v) is 5.24. The van der Waals surface area contributed by atoms with Crippen LogP contribution in [0.5, 0.6) is 0 Å². The van der Waals surface area contributed by atoms with E-state index >= 15 is 0 Å². The van der Waals surface area contributed by atoms with Crippen LogP contribution in [-0.2, 0) is 0 Å². The minimum Gasteiger partial charge on any atom is -0.369 e.